The van der Waals surface area contributed by atoms with E-state index in [1.54, 1.807) is 24.6 Å². The van der Waals surface area contributed by atoms with E-state index in [2.05, 4.69) is 10.3 Å². The number of carbonyl (C=O) groups is 2. The van der Waals surface area contributed by atoms with Crippen LogP contribution >= 0.6 is 46.6 Å². The number of benzene rings is 1. The van der Waals surface area contributed by atoms with E-state index in [-0.39, 0.29) is 20.8 Å². The van der Waals surface area contributed by atoms with E-state index >= 15 is 0 Å². The van der Waals surface area contributed by atoms with E-state index in [1.807, 2.05) is 0 Å². The number of carbonyl (C=O) groups excluding carboxylic acids is 2. The van der Waals surface area contributed by atoms with Crippen molar-refractivity contribution in [2.24, 2.45) is 0 Å². The standard InChI is InChI=1S/C15H11Cl3N2O3S/c1-24-14-8(3-2-4-19-14)15(22)23-7-13(21)20-12-6-10(17)9(16)5-11(12)18/h2-6H,7H2,1H3,(H,20,21). The fourth-order valence-corrected chi connectivity index (χ4v) is 2.85. The van der Waals surface area contributed by atoms with Crippen LogP contribution in [0.15, 0.2) is 35.5 Å². The van der Waals surface area contributed by atoms with Crippen molar-refractivity contribution in [1.82, 2.24) is 4.98 Å². The van der Waals surface area contributed by atoms with Gasteiger partial charge in [-0.2, -0.15) is 0 Å². The molecule has 5 nitrogen and oxygen atoms in total. The van der Waals surface area contributed by atoms with Crippen LogP contribution in [0, 0.1) is 0 Å². The van der Waals surface area contributed by atoms with Gasteiger partial charge >= 0.3 is 5.97 Å². The third-order valence-corrected chi connectivity index (χ3v) is 4.55. The molecule has 24 heavy (non-hydrogen) atoms. The second-order valence-electron chi connectivity index (χ2n) is 4.43. The van der Waals surface area contributed by atoms with Crippen LogP contribution in [0.2, 0.25) is 15.1 Å². The first-order chi connectivity index (χ1) is 11.4. The minimum Gasteiger partial charge on any atom is -0.452 e. The highest BCUT2D eigenvalue weighted by Gasteiger charge is 2.16. The van der Waals surface area contributed by atoms with Crippen molar-refractivity contribution in [3.8, 4) is 0 Å². The van der Waals surface area contributed by atoms with Gasteiger partial charge < -0.3 is 10.1 Å². The molecule has 1 heterocycles. The summed E-state index contributed by atoms with van der Waals surface area (Å²) < 4.78 is 4.99. The zero-order valence-electron chi connectivity index (χ0n) is 12.3. The molecule has 1 aromatic heterocycles. The van der Waals surface area contributed by atoms with Crippen LogP contribution in [0.1, 0.15) is 10.4 Å². The van der Waals surface area contributed by atoms with Gasteiger partial charge in [-0.1, -0.05) is 34.8 Å². The summed E-state index contributed by atoms with van der Waals surface area (Å²) in [5.41, 5.74) is 0.573. The minimum absolute atomic E-state index is 0.223. The zero-order valence-corrected chi connectivity index (χ0v) is 15.4. The normalized spacial score (nSPS) is 10.3. The summed E-state index contributed by atoms with van der Waals surface area (Å²) in [7, 11) is 0. The molecule has 0 atom stereocenters. The minimum atomic E-state index is -0.636. The Morgan fingerprint density at radius 3 is 2.62 bits per heavy atom. The number of pyridine rings is 1. The predicted octanol–water partition coefficient (Wildman–Crippen LogP) is 4.56. The summed E-state index contributed by atoms with van der Waals surface area (Å²) in [4.78, 5) is 28.0. The number of thioether (sulfide) groups is 1. The van der Waals surface area contributed by atoms with Crippen LogP contribution in [-0.2, 0) is 9.53 Å². The van der Waals surface area contributed by atoms with Gasteiger partial charge in [0.25, 0.3) is 5.91 Å². The van der Waals surface area contributed by atoms with Crippen molar-refractivity contribution < 1.29 is 14.3 Å². The maximum Gasteiger partial charge on any atom is 0.341 e. The third kappa shape index (κ3) is 4.77. The van der Waals surface area contributed by atoms with Crippen LogP contribution in [-0.4, -0.2) is 29.7 Å². The second kappa shape index (κ2) is 8.58. The molecule has 2 aromatic rings. The number of halogens is 3. The molecule has 0 fully saturated rings. The number of nitrogens with zero attached hydrogens (tertiary/aromatic N) is 1. The molecule has 126 valence electrons. The van der Waals surface area contributed by atoms with E-state index in [0.29, 0.717) is 10.6 Å². The van der Waals surface area contributed by atoms with E-state index in [4.69, 9.17) is 39.5 Å². The van der Waals surface area contributed by atoms with Gasteiger partial charge in [-0.05, 0) is 30.5 Å². The third-order valence-electron chi connectivity index (χ3n) is 2.80. The van der Waals surface area contributed by atoms with Crippen LogP contribution in [0.5, 0.6) is 0 Å². The smallest absolute Gasteiger partial charge is 0.341 e. The van der Waals surface area contributed by atoms with E-state index < -0.39 is 18.5 Å². The summed E-state index contributed by atoms with van der Waals surface area (Å²) in [6.45, 7) is -0.474. The topological polar surface area (TPSA) is 68.3 Å². The Bertz CT molecular complexity index is 787. The summed E-state index contributed by atoms with van der Waals surface area (Å²) in [5, 5.41) is 3.76. The molecule has 2 rings (SSSR count). The average molecular weight is 406 g/mol. The highest BCUT2D eigenvalue weighted by Crippen LogP contribution is 2.32. The monoisotopic (exact) mass is 404 g/mol. The number of ether oxygens (including phenoxy) is 1. The molecule has 0 aliphatic rings. The molecule has 0 saturated carbocycles. The first-order valence-corrected chi connectivity index (χ1v) is 8.88. The number of aromatic nitrogens is 1. The van der Waals surface area contributed by atoms with Gasteiger partial charge in [0, 0.05) is 6.20 Å². The summed E-state index contributed by atoms with van der Waals surface area (Å²) in [6.07, 6.45) is 3.36. The van der Waals surface area contributed by atoms with Crippen LogP contribution in [0.25, 0.3) is 0 Å². The fraction of sp³-hybridized carbons (Fsp3) is 0.133. The lowest BCUT2D eigenvalue weighted by Gasteiger charge is -2.10. The van der Waals surface area contributed by atoms with Gasteiger partial charge in [0.2, 0.25) is 0 Å². The molecule has 1 N–H and O–H groups in total. The van der Waals surface area contributed by atoms with Crippen molar-refractivity contribution in [2.75, 3.05) is 18.2 Å². The highest BCUT2D eigenvalue weighted by molar-refractivity contribution is 7.98. The Morgan fingerprint density at radius 2 is 1.92 bits per heavy atom. The molecule has 0 bridgehead atoms. The van der Waals surface area contributed by atoms with Crippen LogP contribution < -0.4 is 5.32 Å². The van der Waals surface area contributed by atoms with Crippen molar-refractivity contribution in [3.05, 3.63) is 51.1 Å². The van der Waals surface area contributed by atoms with Gasteiger partial charge in [0.1, 0.15) is 5.03 Å². The van der Waals surface area contributed by atoms with Crippen LogP contribution in [0.3, 0.4) is 0 Å². The number of hydrogen-bond acceptors (Lipinski definition) is 5. The molecule has 0 spiro atoms. The molecule has 0 unspecified atom stereocenters. The van der Waals surface area contributed by atoms with Crippen molar-refractivity contribution in [1.29, 1.82) is 0 Å². The lowest BCUT2D eigenvalue weighted by Crippen LogP contribution is -2.21. The maximum absolute atomic E-state index is 12.0. The van der Waals surface area contributed by atoms with Gasteiger partial charge in [0.05, 0.1) is 26.3 Å². The first-order valence-electron chi connectivity index (χ1n) is 6.53. The molecule has 0 radical (unpaired) electrons. The molecule has 1 aromatic carbocycles. The Balaban J connectivity index is 1.98. The molecular weight excluding hydrogens is 395 g/mol. The molecule has 1 amide bonds. The number of nitrogens with one attached hydrogen (secondary N) is 1. The Morgan fingerprint density at radius 1 is 1.21 bits per heavy atom. The number of amides is 1. The molecular formula is C15H11Cl3N2O3S. The lowest BCUT2D eigenvalue weighted by atomic mass is 10.3. The summed E-state index contributed by atoms with van der Waals surface area (Å²) in [5.74, 6) is -1.19. The lowest BCUT2D eigenvalue weighted by molar-refractivity contribution is -0.119. The maximum atomic E-state index is 12.0. The summed E-state index contributed by atoms with van der Waals surface area (Å²) in [6, 6.07) is 6.02. The van der Waals surface area contributed by atoms with Gasteiger partial charge in [-0.3, -0.25) is 4.79 Å². The van der Waals surface area contributed by atoms with Crippen LogP contribution in [0.4, 0.5) is 5.69 Å². The van der Waals surface area contributed by atoms with Crippen molar-refractivity contribution >= 4 is 64.1 Å². The van der Waals surface area contributed by atoms with Crippen molar-refractivity contribution in [3.63, 3.8) is 0 Å². The van der Waals surface area contributed by atoms with Crippen molar-refractivity contribution in [2.45, 2.75) is 5.03 Å². The Kier molecular flexibility index (Phi) is 6.74. The number of anilines is 1. The van der Waals surface area contributed by atoms with E-state index in [1.165, 1.54) is 23.9 Å². The van der Waals surface area contributed by atoms with Gasteiger partial charge in [0.15, 0.2) is 6.61 Å². The molecule has 0 aliphatic carbocycles. The Hall–Kier alpha value is -1.47. The number of esters is 1. The van der Waals surface area contributed by atoms with E-state index in [9.17, 15) is 9.59 Å². The fourth-order valence-electron chi connectivity index (χ4n) is 1.72. The highest BCUT2D eigenvalue weighted by atomic mass is 35.5. The molecule has 0 aliphatic heterocycles. The molecule has 9 heteroatoms. The number of hydrogen-bond donors (Lipinski definition) is 1. The zero-order chi connectivity index (χ0) is 17.7. The van der Waals surface area contributed by atoms with Gasteiger partial charge in [-0.15, -0.1) is 11.8 Å². The number of rotatable bonds is 5. The molecule has 0 saturated heterocycles. The van der Waals surface area contributed by atoms with E-state index in [0.717, 1.165) is 0 Å². The first kappa shape index (κ1) is 18.9. The Labute approximate surface area is 157 Å². The summed E-state index contributed by atoms with van der Waals surface area (Å²) >= 11 is 19.0. The second-order valence-corrected chi connectivity index (χ2v) is 6.45. The predicted molar refractivity (Wildman–Crippen MR) is 96.4 cm³/mol. The largest absolute Gasteiger partial charge is 0.452 e. The van der Waals surface area contributed by atoms with Gasteiger partial charge in [-0.25, -0.2) is 9.78 Å². The SMILES string of the molecule is CSc1ncccc1C(=O)OCC(=O)Nc1cc(Cl)c(Cl)cc1Cl. The average Bonchev–Trinajstić information content (AvgIpc) is 2.57. The quantitative estimate of drug-likeness (QED) is 0.449.